The molecule has 1 aromatic carbocycles. The highest BCUT2D eigenvalue weighted by Gasteiger charge is 2.13. The summed E-state index contributed by atoms with van der Waals surface area (Å²) in [6.07, 6.45) is 0.325. The molecule has 1 heterocycles. The van der Waals surface area contributed by atoms with Gasteiger partial charge in [-0.15, -0.1) is 0 Å². The molecule has 0 saturated carbocycles. The molecule has 1 aromatic heterocycles. The zero-order valence-corrected chi connectivity index (χ0v) is 7.18. The second-order valence-electron chi connectivity index (χ2n) is 2.83. The van der Waals surface area contributed by atoms with E-state index in [1.165, 1.54) is 24.5 Å². The van der Waals surface area contributed by atoms with Crippen LogP contribution in [0.15, 0.2) is 30.6 Å². The van der Waals surface area contributed by atoms with Gasteiger partial charge in [-0.25, -0.2) is 9.37 Å². The van der Waals surface area contributed by atoms with E-state index in [1.807, 2.05) is 0 Å². The monoisotopic (exact) mass is 193 g/mol. The number of halogens is 1. The molecular formula is C9H8FN3O. The SMILES string of the molecule is OC(c1cccc(F)c1)c1ncn[nH]1. The van der Waals surface area contributed by atoms with Gasteiger partial charge in [-0.05, 0) is 17.7 Å². The molecule has 0 amide bonds. The molecule has 14 heavy (non-hydrogen) atoms. The van der Waals surface area contributed by atoms with Crippen LogP contribution >= 0.6 is 0 Å². The molecule has 0 radical (unpaired) electrons. The van der Waals surface area contributed by atoms with E-state index in [-0.39, 0.29) is 5.82 Å². The Morgan fingerprint density at radius 2 is 2.29 bits per heavy atom. The Kier molecular flexibility index (Phi) is 2.24. The number of nitrogens with one attached hydrogen (secondary N) is 1. The van der Waals surface area contributed by atoms with Crippen LogP contribution < -0.4 is 0 Å². The highest BCUT2D eigenvalue weighted by molar-refractivity contribution is 5.22. The molecular weight excluding hydrogens is 185 g/mol. The zero-order chi connectivity index (χ0) is 9.97. The number of benzene rings is 1. The van der Waals surface area contributed by atoms with E-state index in [1.54, 1.807) is 6.07 Å². The number of H-pyrrole nitrogens is 1. The molecule has 1 atom stereocenters. The molecule has 0 spiro atoms. The van der Waals surface area contributed by atoms with Gasteiger partial charge in [-0.3, -0.25) is 5.10 Å². The molecule has 0 bridgehead atoms. The van der Waals surface area contributed by atoms with Crippen LogP contribution in [0, 0.1) is 5.82 Å². The minimum atomic E-state index is -0.965. The quantitative estimate of drug-likeness (QED) is 0.748. The van der Waals surface area contributed by atoms with E-state index in [0.29, 0.717) is 11.4 Å². The fraction of sp³-hybridized carbons (Fsp3) is 0.111. The third-order valence-electron chi connectivity index (χ3n) is 1.86. The van der Waals surface area contributed by atoms with E-state index in [9.17, 15) is 9.50 Å². The van der Waals surface area contributed by atoms with Crippen LogP contribution in [-0.4, -0.2) is 20.3 Å². The number of nitrogens with zero attached hydrogens (tertiary/aromatic N) is 2. The summed E-state index contributed by atoms with van der Waals surface area (Å²) in [6.45, 7) is 0. The van der Waals surface area contributed by atoms with Gasteiger partial charge in [0.1, 0.15) is 18.2 Å². The molecule has 2 aromatic rings. The standard InChI is InChI=1S/C9H8FN3O/c10-7-3-1-2-6(4-7)8(14)9-11-5-12-13-9/h1-5,8,14H,(H,11,12,13). The zero-order valence-electron chi connectivity index (χ0n) is 7.18. The van der Waals surface area contributed by atoms with Crippen LogP contribution in [0.2, 0.25) is 0 Å². The highest BCUT2D eigenvalue weighted by atomic mass is 19.1. The first-order chi connectivity index (χ1) is 6.77. The Balaban J connectivity index is 2.32. The summed E-state index contributed by atoms with van der Waals surface area (Å²) in [5.41, 5.74) is 0.446. The maximum atomic E-state index is 12.8. The van der Waals surface area contributed by atoms with E-state index in [4.69, 9.17) is 0 Å². The van der Waals surface area contributed by atoms with E-state index in [2.05, 4.69) is 15.2 Å². The van der Waals surface area contributed by atoms with Crippen LogP contribution in [0.5, 0.6) is 0 Å². The first-order valence-electron chi connectivity index (χ1n) is 4.06. The molecule has 5 heteroatoms. The predicted molar refractivity (Wildman–Crippen MR) is 46.8 cm³/mol. The van der Waals surface area contributed by atoms with Gasteiger partial charge in [0.05, 0.1) is 0 Å². The number of hydrogen-bond acceptors (Lipinski definition) is 3. The molecule has 2 rings (SSSR count). The lowest BCUT2D eigenvalue weighted by Crippen LogP contribution is -2.02. The summed E-state index contributed by atoms with van der Waals surface area (Å²) in [4.78, 5) is 3.78. The summed E-state index contributed by atoms with van der Waals surface area (Å²) in [5, 5.41) is 15.8. The maximum Gasteiger partial charge on any atom is 0.157 e. The topological polar surface area (TPSA) is 61.8 Å². The fourth-order valence-corrected chi connectivity index (χ4v) is 1.18. The van der Waals surface area contributed by atoms with E-state index in [0.717, 1.165) is 0 Å². The Morgan fingerprint density at radius 1 is 1.43 bits per heavy atom. The highest BCUT2D eigenvalue weighted by Crippen LogP contribution is 2.18. The van der Waals surface area contributed by atoms with Gasteiger partial charge in [0.25, 0.3) is 0 Å². The van der Waals surface area contributed by atoms with Crippen LogP contribution in [0.1, 0.15) is 17.5 Å². The lowest BCUT2D eigenvalue weighted by molar-refractivity contribution is 0.210. The van der Waals surface area contributed by atoms with Crippen molar-refractivity contribution in [1.29, 1.82) is 0 Å². The number of aliphatic hydroxyl groups excluding tert-OH is 1. The third-order valence-corrected chi connectivity index (χ3v) is 1.86. The van der Waals surface area contributed by atoms with Crippen molar-refractivity contribution >= 4 is 0 Å². The van der Waals surface area contributed by atoms with Crippen LogP contribution in [0.4, 0.5) is 4.39 Å². The first kappa shape index (κ1) is 8.83. The Labute approximate surface area is 79.4 Å². The number of aromatic amines is 1. The van der Waals surface area contributed by atoms with Crippen molar-refractivity contribution in [3.05, 3.63) is 47.8 Å². The van der Waals surface area contributed by atoms with Crippen LogP contribution in [-0.2, 0) is 0 Å². The van der Waals surface area contributed by atoms with Gasteiger partial charge in [-0.1, -0.05) is 12.1 Å². The molecule has 4 nitrogen and oxygen atoms in total. The van der Waals surface area contributed by atoms with E-state index >= 15 is 0 Å². The van der Waals surface area contributed by atoms with Gasteiger partial charge >= 0.3 is 0 Å². The van der Waals surface area contributed by atoms with E-state index < -0.39 is 6.10 Å². The second-order valence-corrected chi connectivity index (χ2v) is 2.83. The van der Waals surface area contributed by atoms with Crippen molar-refractivity contribution in [2.24, 2.45) is 0 Å². The molecule has 0 saturated heterocycles. The number of aliphatic hydroxyl groups is 1. The molecule has 2 N–H and O–H groups in total. The van der Waals surface area contributed by atoms with Gasteiger partial charge in [0.15, 0.2) is 5.82 Å². The van der Waals surface area contributed by atoms with Gasteiger partial charge in [-0.2, -0.15) is 5.10 Å². The average Bonchev–Trinajstić information content (AvgIpc) is 2.69. The number of rotatable bonds is 2. The molecule has 0 aliphatic rings. The van der Waals surface area contributed by atoms with Gasteiger partial charge < -0.3 is 5.11 Å². The van der Waals surface area contributed by atoms with Crippen molar-refractivity contribution in [3.63, 3.8) is 0 Å². The normalized spacial score (nSPS) is 12.7. The van der Waals surface area contributed by atoms with Crippen LogP contribution in [0.25, 0.3) is 0 Å². The largest absolute Gasteiger partial charge is 0.380 e. The summed E-state index contributed by atoms with van der Waals surface area (Å²) >= 11 is 0. The second kappa shape index (κ2) is 3.55. The summed E-state index contributed by atoms with van der Waals surface area (Å²) in [7, 11) is 0. The van der Waals surface area contributed by atoms with Crippen molar-refractivity contribution in [1.82, 2.24) is 15.2 Å². The molecule has 1 unspecified atom stereocenters. The molecule has 0 fully saturated rings. The molecule has 0 aliphatic carbocycles. The minimum Gasteiger partial charge on any atom is -0.380 e. The fourth-order valence-electron chi connectivity index (χ4n) is 1.18. The number of aromatic nitrogens is 3. The summed E-state index contributed by atoms with van der Waals surface area (Å²) in [5.74, 6) is -0.0864. The Morgan fingerprint density at radius 3 is 2.93 bits per heavy atom. The van der Waals surface area contributed by atoms with Gasteiger partial charge in [0.2, 0.25) is 0 Å². The maximum absolute atomic E-state index is 12.8. The van der Waals surface area contributed by atoms with Crippen LogP contribution in [0.3, 0.4) is 0 Å². The number of hydrogen-bond donors (Lipinski definition) is 2. The van der Waals surface area contributed by atoms with Gasteiger partial charge in [0, 0.05) is 0 Å². The lowest BCUT2D eigenvalue weighted by Gasteiger charge is -2.06. The smallest absolute Gasteiger partial charge is 0.157 e. The summed E-state index contributed by atoms with van der Waals surface area (Å²) in [6, 6.07) is 5.73. The molecule has 72 valence electrons. The Hall–Kier alpha value is -1.75. The summed E-state index contributed by atoms with van der Waals surface area (Å²) < 4.78 is 12.8. The van der Waals surface area contributed by atoms with Crippen molar-refractivity contribution in [2.45, 2.75) is 6.10 Å². The minimum absolute atomic E-state index is 0.301. The Bertz CT molecular complexity index is 416. The first-order valence-corrected chi connectivity index (χ1v) is 4.06. The lowest BCUT2D eigenvalue weighted by atomic mass is 10.1. The predicted octanol–water partition coefficient (Wildman–Crippen LogP) is 1.03. The average molecular weight is 193 g/mol. The van der Waals surface area contributed by atoms with Crippen molar-refractivity contribution < 1.29 is 9.50 Å². The molecule has 0 aliphatic heterocycles. The third kappa shape index (κ3) is 1.62. The van der Waals surface area contributed by atoms with Crippen molar-refractivity contribution in [2.75, 3.05) is 0 Å². The van der Waals surface area contributed by atoms with Crippen molar-refractivity contribution in [3.8, 4) is 0 Å².